The van der Waals surface area contributed by atoms with E-state index in [1.807, 2.05) is 60.7 Å². The first-order valence-corrected chi connectivity index (χ1v) is 15.6. The lowest BCUT2D eigenvalue weighted by Gasteiger charge is -2.39. The molecule has 6 atom stereocenters. The van der Waals surface area contributed by atoms with Crippen molar-refractivity contribution in [3.8, 4) is 0 Å². The highest BCUT2D eigenvalue weighted by molar-refractivity contribution is 6.74. The van der Waals surface area contributed by atoms with Gasteiger partial charge in [-0.3, -0.25) is 0 Å². The summed E-state index contributed by atoms with van der Waals surface area (Å²) in [6.45, 7) is 12.8. The molecule has 6 nitrogen and oxygen atoms in total. The van der Waals surface area contributed by atoms with Crippen molar-refractivity contribution in [3.05, 3.63) is 71.8 Å². The Morgan fingerprint density at radius 2 is 1.54 bits per heavy atom. The number of nitrogens with one attached hydrogen (secondary N) is 1. The number of morpholine rings is 1. The van der Waals surface area contributed by atoms with Gasteiger partial charge in [-0.2, -0.15) is 0 Å². The average Bonchev–Trinajstić information content (AvgIpc) is 3.50. The van der Waals surface area contributed by atoms with Gasteiger partial charge in [0.1, 0.15) is 24.4 Å². The van der Waals surface area contributed by atoms with Crippen LogP contribution in [0.3, 0.4) is 0 Å². The van der Waals surface area contributed by atoms with Crippen molar-refractivity contribution in [2.24, 2.45) is 0 Å². The summed E-state index contributed by atoms with van der Waals surface area (Å²) in [4.78, 5) is 0. The molecular formula is C28H41NO5Si. The fourth-order valence-electron chi connectivity index (χ4n) is 4.27. The van der Waals surface area contributed by atoms with Crippen molar-refractivity contribution >= 4 is 8.32 Å². The molecule has 0 aromatic heterocycles. The van der Waals surface area contributed by atoms with Gasteiger partial charge in [0, 0.05) is 6.54 Å². The number of epoxide rings is 1. The molecule has 0 spiro atoms. The minimum absolute atomic E-state index is 0.0491. The SMILES string of the molecule is CC(C)(C)[Si](C)(C)OC[C@@H](O)[C@@H](OCc1ccccc1)[C@H](OCc1ccccc1)[C@@H]1NC[C@H]2O[C@@H]12. The Morgan fingerprint density at radius 3 is 2.03 bits per heavy atom. The van der Waals surface area contributed by atoms with E-state index in [2.05, 4.69) is 39.2 Å². The molecule has 2 N–H and O–H groups in total. The van der Waals surface area contributed by atoms with Crippen molar-refractivity contribution in [3.63, 3.8) is 0 Å². The summed E-state index contributed by atoms with van der Waals surface area (Å²) < 4.78 is 25.2. The zero-order valence-electron chi connectivity index (χ0n) is 21.6. The molecule has 2 aliphatic rings. The van der Waals surface area contributed by atoms with Gasteiger partial charge in [-0.1, -0.05) is 81.4 Å². The zero-order valence-corrected chi connectivity index (χ0v) is 22.6. The number of hydrogen-bond acceptors (Lipinski definition) is 6. The second-order valence-electron chi connectivity index (χ2n) is 11.2. The first-order chi connectivity index (χ1) is 16.7. The lowest BCUT2D eigenvalue weighted by atomic mass is 9.98. The minimum atomic E-state index is -2.04. The molecule has 192 valence electrons. The third-order valence-corrected chi connectivity index (χ3v) is 12.1. The molecule has 0 amide bonds. The van der Waals surface area contributed by atoms with E-state index >= 15 is 0 Å². The lowest BCUT2D eigenvalue weighted by Crippen LogP contribution is -2.55. The molecule has 2 heterocycles. The largest absolute Gasteiger partial charge is 0.414 e. The van der Waals surface area contributed by atoms with Gasteiger partial charge in [-0.25, -0.2) is 0 Å². The second kappa shape index (κ2) is 11.2. The molecular weight excluding hydrogens is 458 g/mol. The van der Waals surface area contributed by atoms with Crippen LogP contribution >= 0.6 is 0 Å². The third kappa shape index (κ3) is 6.80. The Kier molecular flexibility index (Phi) is 8.48. The van der Waals surface area contributed by atoms with Crippen LogP contribution in [0.5, 0.6) is 0 Å². The van der Waals surface area contributed by atoms with Gasteiger partial charge in [0.15, 0.2) is 8.32 Å². The molecule has 0 unspecified atom stereocenters. The Labute approximate surface area is 211 Å². The van der Waals surface area contributed by atoms with E-state index in [1.165, 1.54) is 0 Å². The highest BCUT2D eigenvalue weighted by Crippen LogP contribution is 2.38. The number of rotatable bonds is 12. The molecule has 0 radical (unpaired) electrons. The van der Waals surface area contributed by atoms with Crippen molar-refractivity contribution in [2.75, 3.05) is 13.2 Å². The summed E-state index contributed by atoms with van der Waals surface area (Å²) >= 11 is 0. The van der Waals surface area contributed by atoms with Crippen LogP contribution in [-0.2, 0) is 31.9 Å². The monoisotopic (exact) mass is 499 g/mol. The van der Waals surface area contributed by atoms with Gasteiger partial charge >= 0.3 is 0 Å². The summed E-state index contributed by atoms with van der Waals surface area (Å²) in [7, 11) is -2.04. The first-order valence-electron chi connectivity index (χ1n) is 12.7. The maximum atomic E-state index is 11.5. The van der Waals surface area contributed by atoms with Crippen LogP contribution in [0, 0.1) is 0 Å². The standard InChI is InChI=1S/C28H41NO5Si/c1-28(2,3)35(4,5)33-19-22(30)25(31-17-20-12-8-6-9-13-20)27(24-26-23(34-26)16-29-24)32-18-21-14-10-7-11-15-21/h6-15,22-27,29-30H,16-19H2,1-5H3/t22-,23-,24-,25-,26-,27-/m1/s1. The van der Waals surface area contributed by atoms with Crippen LogP contribution in [-0.4, -0.2) is 63.1 Å². The Morgan fingerprint density at radius 1 is 0.971 bits per heavy atom. The summed E-state index contributed by atoms with van der Waals surface area (Å²) in [5.41, 5.74) is 2.13. The van der Waals surface area contributed by atoms with E-state index in [1.54, 1.807) is 0 Å². The number of fused-ring (bicyclic) bond motifs is 1. The highest BCUT2D eigenvalue weighted by Gasteiger charge is 2.55. The molecule has 2 aromatic carbocycles. The van der Waals surface area contributed by atoms with Gasteiger partial charge in [-0.15, -0.1) is 0 Å². The molecule has 0 saturated carbocycles. The van der Waals surface area contributed by atoms with Gasteiger partial charge in [0.05, 0.1) is 32.0 Å². The van der Waals surface area contributed by atoms with Crippen LogP contribution in [0.15, 0.2) is 60.7 Å². The smallest absolute Gasteiger partial charge is 0.192 e. The Hall–Kier alpha value is -1.58. The first kappa shape index (κ1) is 26.5. The second-order valence-corrected chi connectivity index (χ2v) is 16.0. The number of benzene rings is 2. The van der Waals surface area contributed by atoms with Gasteiger partial charge in [0.25, 0.3) is 0 Å². The lowest BCUT2D eigenvalue weighted by molar-refractivity contribution is -0.150. The number of hydrogen-bond donors (Lipinski definition) is 2. The highest BCUT2D eigenvalue weighted by atomic mass is 28.4. The third-order valence-electron chi connectivity index (χ3n) is 7.58. The van der Waals surface area contributed by atoms with E-state index < -0.39 is 26.6 Å². The van der Waals surface area contributed by atoms with Crippen molar-refractivity contribution < 1.29 is 23.7 Å². The van der Waals surface area contributed by atoms with E-state index in [9.17, 15) is 5.11 Å². The van der Waals surface area contributed by atoms with Crippen LogP contribution < -0.4 is 5.32 Å². The van der Waals surface area contributed by atoms with Crippen molar-refractivity contribution in [1.29, 1.82) is 0 Å². The van der Waals surface area contributed by atoms with Crippen molar-refractivity contribution in [2.45, 2.75) is 88.7 Å². The zero-order chi connectivity index (χ0) is 25.1. The maximum absolute atomic E-state index is 11.5. The van der Waals surface area contributed by atoms with Gasteiger partial charge < -0.3 is 29.1 Å². The molecule has 4 rings (SSSR count). The summed E-state index contributed by atoms with van der Waals surface area (Å²) in [6, 6.07) is 20.1. The average molecular weight is 500 g/mol. The summed E-state index contributed by atoms with van der Waals surface area (Å²) in [6.07, 6.45) is -1.50. The number of ether oxygens (including phenoxy) is 3. The molecule has 2 saturated heterocycles. The molecule has 2 fully saturated rings. The summed E-state index contributed by atoms with van der Waals surface area (Å²) in [5, 5.41) is 15.1. The topological polar surface area (TPSA) is 72.5 Å². The quantitative estimate of drug-likeness (QED) is 0.336. The van der Waals surface area contributed by atoms with E-state index in [0.29, 0.717) is 13.2 Å². The normalized spacial score (nSPS) is 24.6. The van der Waals surface area contributed by atoms with Crippen LogP contribution in [0.25, 0.3) is 0 Å². The maximum Gasteiger partial charge on any atom is 0.192 e. The van der Waals surface area contributed by atoms with Gasteiger partial charge in [-0.05, 0) is 29.3 Å². The fourth-order valence-corrected chi connectivity index (χ4v) is 5.29. The predicted octanol–water partition coefficient (Wildman–Crippen LogP) is 4.28. The molecule has 0 bridgehead atoms. The summed E-state index contributed by atoms with van der Waals surface area (Å²) in [5.74, 6) is 0. The fraction of sp³-hybridized carbons (Fsp3) is 0.571. The Balaban J connectivity index is 1.53. The molecule has 2 aromatic rings. The van der Waals surface area contributed by atoms with E-state index in [4.69, 9.17) is 18.6 Å². The van der Waals surface area contributed by atoms with Crippen LogP contribution in [0.2, 0.25) is 18.1 Å². The molecule has 0 aliphatic carbocycles. The van der Waals surface area contributed by atoms with Crippen LogP contribution in [0.1, 0.15) is 31.9 Å². The van der Waals surface area contributed by atoms with Gasteiger partial charge in [0.2, 0.25) is 0 Å². The van der Waals surface area contributed by atoms with Crippen LogP contribution in [0.4, 0.5) is 0 Å². The number of aliphatic hydroxyl groups is 1. The van der Waals surface area contributed by atoms with E-state index in [0.717, 1.165) is 17.7 Å². The van der Waals surface area contributed by atoms with Crippen molar-refractivity contribution in [1.82, 2.24) is 5.32 Å². The number of aliphatic hydroxyl groups excluding tert-OH is 1. The molecule has 35 heavy (non-hydrogen) atoms. The minimum Gasteiger partial charge on any atom is -0.414 e. The predicted molar refractivity (Wildman–Crippen MR) is 140 cm³/mol. The van der Waals surface area contributed by atoms with E-state index in [-0.39, 0.29) is 29.9 Å². The molecule has 7 heteroatoms. The Bertz CT molecular complexity index is 920. The molecule has 2 aliphatic heterocycles.